The Morgan fingerprint density at radius 2 is 0.959 bits per heavy atom. The Bertz CT molecular complexity index is 3820. The van der Waals surface area contributed by atoms with Gasteiger partial charge in [-0.3, -0.25) is 43.2 Å². The van der Waals surface area contributed by atoms with Gasteiger partial charge in [-0.2, -0.15) is 0 Å². The van der Waals surface area contributed by atoms with Crippen LogP contribution in [0.2, 0.25) is 0 Å². The van der Waals surface area contributed by atoms with Crippen LogP contribution in [0.1, 0.15) is 72.4 Å². The molecule has 0 bridgehead atoms. The lowest BCUT2D eigenvalue weighted by Crippen LogP contribution is -2.60. The van der Waals surface area contributed by atoms with Crippen LogP contribution in [-0.4, -0.2) is 158 Å². The van der Waals surface area contributed by atoms with Crippen molar-refractivity contribution < 1.29 is 63.3 Å². The van der Waals surface area contributed by atoms with E-state index in [1.165, 1.54) is 48.2 Å². The number of rotatable bonds is 34. The molecule has 7 aromatic rings. The van der Waals surface area contributed by atoms with E-state index >= 15 is 4.79 Å². The lowest BCUT2D eigenvalue weighted by Gasteiger charge is -2.30. The van der Waals surface area contributed by atoms with Crippen molar-refractivity contribution in [1.29, 1.82) is 0 Å². The molecule has 1 fully saturated rings. The number of carbonyl (C=O) groups excluding carboxylic acids is 9. The number of H-pyrrole nitrogens is 1. The number of carboxylic acids is 1. The molecular formula is C72H84N12O13. The second-order valence-corrected chi connectivity index (χ2v) is 24.2. The average molecular weight is 1330 g/mol. The van der Waals surface area contributed by atoms with Crippen molar-refractivity contribution in [2.75, 3.05) is 19.6 Å². The van der Waals surface area contributed by atoms with Gasteiger partial charge < -0.3 is 79.2 Å². The number of aliphatic carboxylic acids is 1. The summed E-state index contributed by atoms with van der Waals surface area (Å²) in [6.07, 6.45) is 3.29. The van der Waals surface area contributed by atoms with E-state index in [0.717, 1.165) is 10.9 Å². The molecule has 0 spiro atoms. The van der Waals surface area contributed by atoms with E-state index in [1.807, 2.05) is 24.3 Å². The average Bonchev–Trinajstić information content (AvgIpc) is 1.81. The van der Waals surface area contributed by atoms with Crippen LogP contribution < -0.4 is 54.0 Å². The molecule has 9 amide bonds. The number of benzene rings is 6. The number of phenols is 2. The number of hydrogen-bond donors (Lipinski definition) is 14. The van der Waals surface area contributed by atoms with Gasteiger partial charge in [0.05, 0.1) is 12.6 Å². The first-order chi connectivity index (χ1) is 46.7. The molecule has 1 aliphatic rings. The molecule has 510 valence electrons. The van der Waals surface area contributed by atoms with Crippen molar-refractivity contribution in [2.45, 2.75) is 132 Å². The molecule has 0 radical (unpaired) electrons. The highest BCUT2D eigenvalue weighted by Crippen LogP contribution is 2.24. The highest BCUT2D eigenvalue weighted by atomic mass is 16.4. The molecule has 0 saturated carbocycles. The number of nitrogens with zero attached hydrogens (tertiary/aromatic N) is 1. The van der Waals surface area contributed by atoms with E-state index in [0.29, 0.717) is 65.6 Å². The maximum atomic E-state index is 15.1. The van der Waals surface area contributed by atoms with E-state index in [1.54, 1.807) is 109 Å². The zero-order valence-electron chi connectivity index (χ0n) is 53.8. The zero-order chi connectivity index (χ0) is 69.4. The Labute approximate surface area is 561 Å². The molecule has 1 saturated heterocycles. The number of hydrogen-bond acceptors (Lipinski definition) is 14. The summed E-state index contributed by atoms with van der Waals surface area (Å²) in [7, 11) is 0. The molecule has 1 aliphatic heterocycles. The number of likely N-dealkylation sites (tertiary alicyclic amines) is 1. The molecule has 0 unspecified atom stereocenters. The molecule has 0 aliphatic carbocycles. The zero-order valence-corrected chi connectivity index (χ0v) is 53.8. The van der Waals surface area contributed by atoms with Crippen molar-refractivity contribution in [3.8, 4) is 11.5 Å². The fourth-order valence-corrected chi connectivity index (χ4v) is 11.5. The van der Waals surface area contributed by atoms with E-state index in [2.05, 4.69) is 47.5 Å². The maximum absolute atomic E-state index is 15.1. The summed E-state index contributed by atoms with van der Waals surface area (Å²) in [5.41, 5.74) is 16.3. The third kappa shape index (κ3) is 21.5. The molecule has 1 aromatic heterocycles. The SMILES string of the molecule is C[C@H](NC(=O)[C@H](Cc1ccccc1)NC(=O)[C@H](Cc1c[nH]c2ccccc12)NC(=O)[C@@H]1CCCN1C(=O)[C@H](Cc1ccccc1)NC(=O)CNC(=O)[C@H](Cc1ccccc1)NC(=O)[C@H](Cc1ccc(O)cc1)NC(=O)[C@@H](N)CCCCN)C(=O)N[C@@H](Cc1ccc(O)cc1)C(=O)O. The van der Waals surface area contributed by atoms with Crippen LogP contribution in [0.3, 0.4) is 0 Å². The van der Waals surface area contributed by atoms with Gasteiger partial charge in [0.15, 0.2) is 0 Å². The number of carbonyl (C=O) groups is 10. The number of aromatic nitrogens is 1. The van der Waals surface area contributed by atoms with Gasteiger partial charge in [-0.1, -0.05) is 140 Å². The second-order valence-electron chi connectivity index (χ2n) is 24.2. The van der Waals surface area contributed by atoms with E-state index < -0.39 is 120 Å². The number of amides is 9. The maximum Gasteiger partial charge on any atom is 0.326 e. The Morgan fingerprint density at radius 3 is 1.49 bits per heavy atom. The first-order valence-corrected chi connectivity index (χ1v) is 32.3. The third-order valence-electron chi connectivity index (χ3n) is 16.8. The first kappa shape index (κ1) is 71.9. The molecule has 97 heavy (non-hydrogen) atoms. The van der Waals surface area contributed by atoms with Gasteiger partial charge in [0.1, 0.15) is 59.8 Å². The van der Waals surface area contributed by atoms with Crippen LogP contribution in [0.15, 0.2) is 170 Å². The molecule has 16 N–H and O–H groups in total. The fraction of sp³-hybridized carbons (Fsp3) is 0.333. The lowest BCUT2D eigenvalue weighted by molar-refractivity contribution is -0.142. The van der Waals surface area contributed by atoms with E-state index in [4.69, 9.17) is 11.5 Å². The van der Waals surface area contributed by atoms with Gasteiger partial charge in [0.25, 0.3) is 0 Å². The Hall–Kier alpha value is -10.9. The molecule has 6 aromatic carbocycles. The number of nitrogens with one attached hydrogen (secondary N) is 9. The number of aromatic amines is 1. The van der Waals surface area contributed by atoms with E-state index in [-0.39, 0.29) is 63.0 Å². The standard InChI is InChI=1S/C72H84N12O13/c1-44(64(88)83-61(72(96)97)40-49-28-32-52(86)33-29-49)77-67(91)57(37-46-18-7-3-8-19-46)81-69(93)59(41-50-42-75-55-24-12-11-22-53(50)55)82-70(94)62-25-15-35-84(62)71(95)60(39-47-20-9-4-10-21-47)78-63(87)43-76-66(90)56(36-45-16-5-2-6-17-45)80-68(92)58(38-48-26-30-51(85)31-27-48)79-65(89)54(74)23-13-14-34-73/h2-12,16-22,24,26-33,42,44,54,56-62,75,85-86H,13-15,23,25,34-41,43,73-74H2,1H3,(H,76,90)(H,77,91)(H,78,87)(H,79,89)(H,80,92)(H,81,93)(H,82,94)(H,83,88)(H,96,97)/t44-,54-,56-,57-,58-,59-,60-,61-,62-/m0/s1. The van der Waals surface area contributed by atoms with Gasteiger partial charge in [0.2, 0.25) is 53.2 Å². The highest BCUT2D eigenvalue weighted by molar-refractivity contribution is 5.99. The molecule has 8 rings (SSSR count). The number of nitrogens with two attached hydrogens (primary N) is 2. The highest BCUT2D eigenvalue weighted by Gasteiger charge is 2.40. The van der Waals surface area contributed by atoms with Gasteiger partial charge in [0, 0.05) is 62.2 Å². The van der Waals surface area contributed by atoms with Crippen LogP contribution in [0.25, 0.3) is 10.9 Å². The fourth-order valence-electron chi connectivity index (χ4n) is 11.5. The predicted octanol–water partition coefficient (Wildman–Crippen LogP) is 2.40. The summed E-state index contributed by atoms with van der Waals surface area (Å²) in [5.74, 6) is -8.05. The third-order valence-corrected chi connectivity index (χ3v) is 16.8. The smallest absolute Gasteiger partial charge is 0.326 e. The molecule has 25 nitrogen and oxygen atoms in total. The van der Waals surface area contributed by atoms with Crippen LogP contribution in [-0.2, 0) is 86.5 Å². The molecular weight excluding hydrogens is 1240 g/mol. The quantitative estimate of drug-likeness (QED) is 0.0258. The summed E-state index contributed by atoms with van der Waals surface area (Å²) in [6.45, 7) is 1.18. The number of carboxylic acid groups (broad SMARTS) is 1. The van der Waals surface area contributed by atoms with Crippen molar-refractivity contribution >= 4 is 70.0 Å². The van der Waals surface area contributed by atoms with Crippen molar-refractivity contribution in [1.82, 2.24) is 52.4 Å². The summed E-state index contributed by atoms with van der Waals surface area (Å²) in [5, 5.41) is 52.1. The monoisotopic (exact) mass is 1320 g/mol. The minimum Gasteiger partial charge on any atom is -0.508 e. The molecule has 25 heteroatoms. The van der Waals surface area contributed by atoms with Crippen LogP contribution >= 0.6 is 0 Å². The Balaban J connectivity index is 0.982. The van der Waals surface area contributed by atoms with Gasteiger partial charge >= 0.3 is 5.97 Å². The topological polar surface area (TPSA) is 399 Å². The minimum atomic E-state index is -1.41. The number of para-hydroxylation sites is 1. The number of phenolic OH excluding ortho intramolecular Hbond substituents is 2. The Kier molecular flexibility index (Phi) is 26.4. The second kappa shape index (κ2) is 35.5. The van der Waals surface area contributed by atoms with Crippen molar-refractivity contribution in [2.24, 2.45) is 11.5 Å². The first-order valence-electron chi connectivity index (χ1n) is 32.3. The van der Waals surface area contributed by atoms with Crippen LogP contribution in [0, 0.1) is 0 Å². The number of unbranched alkanes of at least 4 members (excludes halogenated alkanes) is 1. The molecule has 9 atom stereocenters. The minimum absolute atomic E-state index is 0.0132. The summed E-state index contributed by atoms with van der Waals surface area (Å²) in [6, 6.07) is 34.1. The van der Waals surface area contributed by atoms with Crippen molar-refractivity contribution in [3.63, 3.8) is 0 Å². The summed E-state index contributed by atoms with van der Waals surface area (Å²) >= 11 is 0. The lowest BCUT2D eigenvalue weighted by atomic mass is 10.0. The van der Waals surface area contributed by atoms with Gasteiger partial charge in [-0.25, -0.2) is 4.79 Å². The van der Waals surface area contributed by atoms with Crippen molar-refractivity contribution in [3.05, 3.63) is 203 Å². The van der Waals surface area contributed by atoms with E-state index in [9.17, 15) is 58.5 Å². The number of aromatic hydroxyl groups is 2. The number of fused-ring (bicyclic) bond motifs is 1. The molecule has 2 heterocycles. The summed E-state index contributed by atoms with van der Waals surface area (Å²) < 4.78 is 0. The summed E-state index contributed by atoms with van der Waals surface area (Å²) in [4.78, 5) is 146. The largest absolute Gasteiger partial charge is 0.508 e. The Morgan fingerprint density at radius 1 is 0.505 bits per heavy atom. The predicted molar refractivity (Wildman–Crippen MR) is 362 cm³/mol. The van der Waals surface area contributed by atoms with Gasteiger partial charge in [-0.05, 0) is 103 Å². The van der Waals surface area contributed by atoms with Crippen LogP contribution in [0.4, 0.5) is 0 Å². The van der Waals surface area contributed by atoms with Crippen LogP contribution in [0.5, 0.6) is 11.5 Å². The normalized spacial score (nSPS) is 15.2. The van der Waals surface area contributed by atoms with Gasteiger partial charge in [-0.15, -0.1) is 0 Å².